The zero-order valence-corrected chi connectivity index (χ0v) is 10.0. The van der Waals surface area contributed by atoms with Crippen LogP contribution in [0.15, 0.2) is 0 Å². The molecule has 0 radical (unpaired) electrons. The summed E-state index contributed by atoms with van der Waals surface area (Å²) in [5, 5.41) is 0. The van der Waals surface area contributed by atoms with E-state index in [2.05, 4.69) is 13.8 Å². The second-order valence-corrected chi connectivity index (χ2v) is 8.11. The second-order valence-electron chi connectivity index (χ2n) is 4.87. The molecular formula is C12H23P. The highest BCUT2D eigenvalue weighted by atomic mass is 31.1. The quantitative estimate of drug-likeness (QED) is 0.578. The fraction of sp³-hybridized carbons (Fsp3) is 1.00. The molecule has 2 rings (SSSR count). The van der Waals surface area contributed by atoms with Crippen molar-refractivity contribution in [1.82, 2.24) is 0 Å². The number of hydrogen-bond donors (Lipinski definition) is 0. The van der Waals surface area contributed by atoms with Gasteiger partial charge >= 0.3 is 0 Å². The van der Waals surface area contributed by atoms with Gasteiger partial charge in [0.2, 0.25) is 0 Å². The van der Waals surface area contributed by atoms with Crippen molar-refractivity contribution < 1.29 is 0 Å². The van der Waals surface area contributed by atoms with Gasteiger partial charge in [0.15, 0.2) is 0 Å². The normalized spacial score (nSPS) is 41.5. The van der Waals surface area contributed by atoms with Crippen LogP contribution in [-0.2, 0) is 0 Å². The zero-order chi connectivity index (χ0) is 9.26. The average Bonchev–Trinajstić information content (AvgIpc) is 2.15. The summed E-state index contributed by atoms with van der Waals surface area (Å²) in [6.45, 7) is 4.90. The van der Waals surface area contributed by atoms with Gasteiger partial charge in [-0.1, -0.05) is 34.6 Å². The van der Waals surface area contributed by atoms with Crippen LogP contribution in [0.25, 0.3) is 0 Å². The molecule has 0 saturated carbocycles. The summed E-state index contributed by atoms with van der Waals surface area (Å²) in [5.74, 6) is 0. The van der Waals surface area contributed by atoms with E-state index in [1.165, 1.54) is 17.7 Å². The standard InChI is InChI=1S/C12H23P/c1-3-10(2)13-11-6-4-7-12(13)9-5-8-11/h10-12H,3-9H2,1-2H3. The Balaban J connectivity index is 2.06. The van der Waals surface area contributed by atoms with Gasteiger partial charge in [0.1, 0.15) is 0 Å². The molecule has 2 aliphatic rings. The third kappa shape index (κ3) is 1.94. The summed E-state index contributed by atoms with van der Waals surface area (Å²) in [7, 11) is 0.429. The molecule has 1 atom stereocenters. The van der Waals surface area contributed by atoms with Gasteiger partial charge in [0.05, 0.1) is 0 Å². The van der Waals surface area contributed by atoms with Crippen LogP contribution in [-0.4, -0.2) is 17.0 Å². The first-order valence-corrected chi connectivity index (χ1v) is 7.65. The van der Waals surface area contributed by atoms with Crippen LogP contribution >= 0.6 is 7.92 Å². The first-order valence-electron chi connectivity index (χ1n) is 6.10. The Bertz CT molecular complexity index is 145. The van der Waals surface area contributed by atoms with Gasteiger partial charge in [-0.25, -0.2) is 0 Å². The third-order valence-corrected chi connectivity index (χ3v) is 8.19. The Hall–Kier alpha value is 0.430. The summed E-state index contributed by atoms with van der Waals surface area (Å²) in [6, 6.07) is 0. The van der Waals surface area contributed by atoms with E-state index in [0.717, 1.165) is 5.66 Å². The minimum absolute atomic E-state index is 0.429. The molecule has 2 heterocycles. The predicted molar refractivity (Wildman–Crippen MR) is 62.0 cm³/mol. The van der Waals surface area contributed by atoms with Crippen molar-refractivity contribution in [3.05, 3.63) is 0 Å². The van der Waals surface area contributed by atoms with E-state index in [1.54, 1.807) is 38.5 Å². The molecule has 2 fully saturated rings. The molecule has 1 heteroatoms. The molecule has 13 heavy (non-hydrogen) atoms. The van der Waals surface area contributed by atoms with Gasteiger partial charge in [-0.3, -0.25) is 0 Å². The predicted octanol–water partition coefficient (Wildman–Crippen LogP) is 4.37. The summed E-state index contributed by atoms with van der Waals surface area (Å²) >= 11 is 0. The van der Waals surface area contributed by atoms with Gasteiger partial charge < -0.3 is 0 Å². The molecule has 2 aliphatic heterocycles. The largest absolute Gasteiger partial charge is 0.0974 e. The molecule has 0 N–H and O–H groups in total. The number of rotatable bonds is 2. The first kappa shape index (κ1) is 9.97. The van der Waals surface area contributed by atoms with E-state index in [4.69, 9.17) is 0 Å². The smallest absolute Gasteiger partial charge is 0.0204 e. The summed E-state index contributed by atoms with van der Waals surface area (Å²) in [4.78, 5) is 0. The van der Waals surface area contributed by atoms with E-state index < -0.39 is 0 Å². The molecule has 2 saturated heterocycles. The number of fused-ring (bicyclic) bond motifs is 2. The summed E-state index contributed by atoms with van der Waals surface area (Å²) in [5.41, 5.74) is 3.42. The Morgan fingerprint density at radius 3 is 1.92 bits per heavy atom. The summed E-state index contributed by atoms with van der Waals surface area (Å²) in [6.07, 6.45) is 10.8. The minimum atomic E-state index is 0.429. The zero-order valence-electron chi connectivity index (χ0n) is 9.13. The van der Waals surface area contributed by atoms with E-state index in [9.17, 15) is 0 Å². The molecule has 0 nitrogen and oxygen atoms in total. The highest BCUT2D eigenvalue weighted by Crippen LogP contribution is 2.62. The first-order chi connectivity index (χ1) is 6.33. The highest BCUT2D eigenvalue weighted by molar-refractivity contribution is 7.60. The van der Waals surface area contributed by atoms with E-state index >= 15 is 0 Å². The lowest BCUT2D eigenvalue weighted by Gasteiger charge is -2.46. The van der Waals surface area contributed by atoms with Crippen molar-refractivity contribution in [1.29, 1.82) is 0 Å². The third-order valence-electron chi connectivity index (χ3n) is 4.09. The van der Waals surface area contributed by atoms with Crippen LogP contribution in [0.2, 0.25) is 0 Å². The molecule has 0 aromatic carbocycles. The van der Waals surface area contributed by atoms with Gasteiger partial charge in [-0.2, -0.15) is 0 Å². The monoisotopic (exact) mass is 198 g/mol. The van der Waals surface area contributed by atoms with E-state index in [0.29, 0.717) is 7.92 Å². The van der Waals surface area contributed by atoms with Gasteiger partial charge in [0.25, 0.3) is 0 Å². The Labute approximate surface area is 84.2 Å². The molecule has 0 aromatic rings. The van der Waals surface area contributed by atoms with Crippen molar-refractivity contribution >= 4 is 7.92 Å². The lowest BCUT2D eigenvalue weighted by molar-refractivity contribution is 0.470. The molecule has 1 unspecified atom stereocenters. The molecule has 0 aliphatic carbocycles. The van der Waals surface area contributed by atoms with E-state index in [1.807, 2.05) is 0 Å². The molecule has 2 bridgehead atoms. The van der Waals surface area contributed by atoms with E-state index in [-0.39, 0.29) is 0 Å². The average molecular weight is 198 g/mol. The Kier molecular flexibility index (Phi) is 3.30. The van der Waals surface area contributed by atoms with Crippen molar-refractivity contribution in [2.75, 3.05) is 0 Å². The van der Waals surface area contributed by atoms with Crippen LogP contribution in [0.5, 0.6) is 0 Å². The highest BCUT2D eigenvalue weighted by Gasteiger charge is 2.37. The van der Waals surface area contributed by atoms with Gasteiger partial charge in [-0.05, 0) is 49.1 Å². The Morgan fingerprint density at radius 1 is 1.08 bits per heavy atom. The summed E-state index contributed by atoms with van der Waals surface area (Å²) < 4.78 is 0. The lowest BCUT2D eigenvalue weighted by atomic mass is 9.99. The number of hydrogen-bond acceptors (Lipinski definition) is 0. The Morgan fingerprint density at radius 2 is 1.54 bits per heavy atom. The maximum Gasteiger partial charge on any atom is -0.0204 e. The van der Waals surface area contributed by atoms with Crippen molar-refractivity contribution in [2.45, 2.75) is 75.8 Å². The van der Waals surface area contributed by atoms with Gasteiger partial charge in [-0.15, -0.1) is 0 Å². The fourth-order valence-electron chi connectivity index (χ4n) is 3.29. The van der Waals surface area contributed by atoms with Crippen molar-refractivity contribution in [2.24, 2.45) is 0 Å². The maximum absolute atomic E-state index is 2.52. The van der Waals surface area contributed by atoms with Crippen LogP contribution in [0, 0.1) is 0 Å². The molecule has 76 valence electrons. The molecule has 0 amide bonds. The lowest BCUT2D eigenvalue weighted by Crippen LogP contribution is -2.30. The van der Waals surface area contributed by atoms with Crippen LogP contribution in [0.3, 0.4) is 0 Å². The minimum Gasteiger partial charge on any atom is -0.0974 e. The van der Waals surface area contributed by atoms with Crippen LogP contribution < -0.4 is 0 Å². The SMILES string of the molecule is CCC(C)P1C2CCCC1CCC2. The van der Waals surface area contributed by atoms with Crippen LogP contribution in [0.4, 0.5) is 0 Å². The topological polar surface area (TPSA) is 0 Å². The van der Waals surface area contributed by atoms with Crippen molar-refractivity contribution in [3.8, 4) is 0 Å². The van der Waals surface area contributed by atoms with Crippen LogP contribution in [0.1, 0.15) is 58.8 Å². The molecular weight excluding hydrogens is 175 g/mol. The maximum atomic E-state index is 2.52. The van der Waals surface area contributed by atoms with Gasteiger partial charge in [0, 0.05) is 0 Å². The fourth-order valence-corrected chi connectivity index (χ4v) is 7.67. The molecule has 0 spiro atoms. The molecule has 0 aromatic heterocycles. The van der Waals surface area contributed by atoms with Crippen molar-refractivity contribution in [3.63, 3.8) is 0 Å². The second kappa shape index (κ2) is 4.30.